The van der Waals surface area contributed by atoms with E-state index in [1.165, 1.54) is 6.33 Å². The largest absolute Gasteiger partial charge is 0.485 e. The number of nitrogens with one attached hydrogen (secondary N) is 1. The Morgan fingerprint density at radius 3 is 2.51 bits per heavy atom. The van der Waals surface area contributed by atoms with Crippen molar-refractivity contribution in [2.75, 3.05) is 49.6 Å². The van der Waals surface area contributed by atoms with Gasteiger partial charge in [0.25, 0.3) is 5.91 Å². The van der Waals surface area contributed by atoms with E-state index in [4.69, 9.17) is 31.2 Å². The van der Waals surface area contributed by atoms with E-state index in [0.717, 1.165) is 40.6 Å². The van der Waals surface area contributed by atoms with Gasteiger partial charge in [0, 0.05) is 31.7 Å². The van der Waals surface area contributed by atoms with E-state index < -0.39 is 17.6 Å². The first-order chi connectivity index (χ1) is 26.5. The summed E-state index contributed by atoms with van der Waals surface area (Å²) in [4.78, 5) is 44.8. The number of hydrogen-bond donors (Lipinski definition) is 1. The van der Waals surface area contributed by atoms with Gasteiger partial charge in [-0.1, -0.05) is 54.9 Å². The number of nitrogens with zero attached hydrogens (tertiary/aromatic N) is 7. The number of fused-ring (bicyclic) bond motifs is 1. The van der Waals surface area contributed by atoms with E-state index in [0.29, 0.717) is 80.7 Å². The fourth-order valence-corrected chi connectivity index (χ4v) is 7.01. The molecule has 1 N–H and O–H groups in total. The van der Waals surface area contributed by atoms with Crippen LogP contribution < -0.4 is 15.0 Å². The Morgan fingerprint density at radius 2 is 1.82 bits per heavy atom. The third-order valence-electron chi connectivity index (χ3n) is 9.65. The predicted octanol–water partition coefficient (Wildman–Crippen LogP) is 6.59. The SMILES string of the molecule is CCc1c(N2CCN(C(=O)c3ncnc(C)c3OCc3ccccc3)CC2)cn2nc(C3=CCOCC3)nc2c1CC(=O)Nc1ccc(C(F)(F)F)cc1Cl. The fourth-order valence-electron chi connectivity index (χ4n) is 6.79. The lowest BCUT2D eigenvalue weighted by atomic mass is 10.0. The van der Waals surface area contributed by atoms with E-state index in [1.807, 2.05) is 49.5 Å². The van der Waals surface area contributed by atoms with Gasteiger partial charge >= 0.3 is 6.18 Å². The van der Waals surface area contributed by atoms with Crippen molar-refractivity contribution >= 4 is 46.0 Å². The van der Waals surface area contributed by atoms with Crippen LogP contribution in [0.5, 0.6) is 5.75 Å². The molecule has 0 aliphatic carbocycles. The average molecular weight is 775 g/mol. The van der Waals surface area contributed by atoms with Crippen LogP contribution in [-0.4, -0.2) is 80.7 Å². The summed E-state index contributed by atoms with van der Waals surface area (Å²) >= 11 is 6.18. The lowest BCUT2D eigenvalue weighted by molar-refractivity contribution is -0.137. The van der Waals surface area contributed by atoms with Crippen molar-refractivity contribution in [3.63, 3.8) is 0 Å². The number of carbonyl (C=O) groups excluding carboxylic acids is 2. The molecule has 0 saturated carbocycles. The number of anilines is 2. The number of alkyl halides is 3. The van der Waals surface area contributed by atoms with E-state index in [-0.39, 0.29) is 35.3 Å². The van der Waals surface area contributed by atoms with Gasteiger partial charge in [-0.3, -0.25) is 9.59 Å². The zero-order valence-corrected chi connectivity index (χ0v) is 31.0. The summed E-state index contributed by atoms with van der Waals surface area (Å²) in [6, 6.07) is 12.4. The summed E-state index contributed by atoms with van der Waals surface area (Å²) < 4.78 is 53.0. The Hall–Kier alpha value is -5.54. The Balaban J connectivity index is 1.15. The molecule has 1 fully saturated rings. The topological polar surface area (TPSA) is 127 Å². The maximum absolute atomic E-state index is 13.9. The maximum Gasteiger partial charge on any atom is 0.416 e. The summed E-state index contributed by atoms with van der Waals surface area (Å²) in [5.74, 6) is 0.130. The number of rotatable bonds is 10. The fraction of sp³-hybridized carbons (Fsp3) is 0.333. The number of pyridine rings is 1. The van der Waals surface area contributed by atoms with Crippen LogP contribution in [0.1, 0.15) is 57.6 Å². The molecule has 0 atom stereocenters. The van der Waals surface area contributed by atoms with Crippen LogP contribution in [0.4, 0.5) is 24.5 Å². The lowest BCUT2D eigenvalue weighted by Gasteiger charge is -2.37. The Labute approximate surface area is 319 Å². The number of carbonyl (C=O) groups is 2. The van der Waals surface area contributed by atoms with Crippen LogP contribution in [0, 0.1) is 6.92 Å². The van der Waals surface area contributed by atoms with Gasteiger partial charge in [0.05, 0.1) is 53.5 Å². The third kappa shape index (κ3) is 8.27. The molecule has 0 bridgehead atoms. The Bertz CT molecular complexity index is 2260. The number of aryl methyl sites for hydroxylation is 1. The predicted molar refractivity (Wildman–Crippen MR) is 200 cm³/mol. The van der Waals surface area contributed by atoms with Gasteiger partial charge in [0.15, 0.2) is 22.9 Å². The molecule has 2 aliphatic rings. The van der Waals surface area contributed by atoms with Crippen molar-refractivity contribution in [2.45, 2.75) is 45.9 Å². The van der Waals surface area contributed by atoms with Gasteiger partial charge < -0.3 is 24.6 Å². The second kappa shape index (κ2) is 16.1. The van der Waals surface area contributed by atoms with E-state index in [9.17, 15) is 22.8 Å². The van der Waals surface area contributed by atoms with E-state index in [2.05, 4.69) is 20.2 Å². The highest BCUT2D eigenvalue weighted by Crippen LogP contribution is 2.35. The second-order valence-electron chi connectivity index (χ2n) is 13.2. The second-order valence-corrected chi connectivity index (χ2v) is 13.6. The minimum absolute atomic E-state index is 0.0627. The molecule has 2 aromatic carbocycles. The molecular weight excluding hydrogens is 737 g/mol. The van der Waals surface area contributed by atoms with E-state index >= 15 is 0 Å². The molecule has 0 spiro atoms. The molecule has 0 radical (unpaired) electrons. The highest BCUT2D eigenvalue weighted by atomic mass is 35.5. The minimum Gasteiger partial charge on any atom is -0.485 e. The van der Waals surface area contributed by atoms with Crippen molar-refractivity contribution in [2.24, 2.45) is 0 Å². The van der Waals surface area contributed by atoms with Crippen LogP contribution in [0.2, 0.25) is 5.02 Å². The molecule has 5 heterocycles. The summed E-state index contributed by atoms with van der Waals surface area (Å²) in [5.41, 5.74) is 4.61. The van der Waals surface area contributed by atoms with Gasteiger partial charge in [-0.25, -0.2) is 19.5 Å². The summed E-state index contributed by atoms with van der Waals surface area (Å²) in [7, 11) is 0. The zero-order valence-electron chi connectivity index (χ0n) is 30.2. The number of aromatic nitrogens is 5. The maximum atomic E-state index is 13.9. The molecule has 286 valence electrons. The molecule has 7 rings (SSSR count). The van der Waals surface area contributed by atoms with Crippen LogP contribution in [0.3, 0.4) is 0 Å². The number of halogens is 4. The smallest absolute Gasteiger partial charge is 0.416 e. The van der Waals surface area contributed by atoms with Crippen molar-refractivity contribution in [3.8, 4) is 5.75 Å². The molecule has 5 aromatic rings. The highest BCUT2D eigenvalue weighted by molar-refractivity contribution is 6.33. The van der Waals surface area contributed by atoms with Crippen molar-refractivity contribution in [1.82, 2.24) is 29.5 Å². The van der Waals surface area contributed by atoms with Crippen LogP contribution in [-0.2, 0) is 35.2 Å². The molecule has 1 saturated heterocycles. The van der Waals surface area contributed by atoms with E-state index in [1.54, 1.807) is 16.3 Å². The molecule has 55 heavy (non-hydrogen) atoms. The van der Waals surface area contributed by atoms with Crippen molar-refractivity contribution < 1.29 is 32.2 Å². The first-order valence-electron chi connectivity index (χ1n) is 17.9. The highest BCUT2D eigenvalue weighted by Gasteiger charge is 2.32. The molecule has 2 amide bonds. The molecule has 16 heteroatoms. The molecule has 3 aromatic heterocycles. The molecule has 2 aliphatic heterocycles. The average Bonchev–Trinajstić information content (AvgIpc) is 3.63. The number of piperazine rings is 1. The van der Waals surface area contributed by atoms with Gasteiger partial charge in [0.2, 0.25) is 5.91 Å². The Kier molecular flexibility index (Phi) is 11.0. The normalized spacial score (nSPS) is 14.9. The Morgan fingerprint density at radius 1 is 1.04 bits per heavy atom. The van der Waals surface area contributed by atoms with Gasteiger partial charge in [0.1, 0.15) is 12.9 Å². The molecule has 0 unspecified atom stereocenters. The third-order valence-corrected chi connectivity index (χ3v) is 9.96. The van der Waals surface area contributed by atoms with Gasteiger partial charge in [-0.15, -0.1) is 5.10 Å². The lowest BCUT2D eigenvalue weighted by Crippen LogP contribution is -2.49. The quantitative estimate of drug-likeness (QED) is 0.167. The summed E-state index contributed by atoms with van der Waals surface area (Å²) in [5, 5.41) is 7.26. The van der Waals surface area contributed by atoms with Crippen LogP contribution >= 0.6 is 11.6 Å². The van der Waals surface area contributed by atoms with Crippen molar-refractivity contribution in [1.29, 1.82) is 0 Å². The number of benzene rings is 2. The standard InChI is InChI=1S/C39H38ClF3N8O4/c1-3-28-29(20-33(52)46-31-10-9-27(19-30(31)40)39(41,42)43)37-47-36(26-11-17-54-18-12-26)48-51(37)21-32(28)49-13-15-50(16-14-49)38(53)34-35(24(2)44-23-45-34)55-22-25-7-5-4-6-8-25/h4-11,19,21,23H,3,12-18,20,22H2,1-2H3,(H,46,52). The number of ether oxygens (including phenoxy) is 2. The molecular formula is C39H38ClF3N8O4. The zero-order chi connectivity index (χ0) is 38.7. The molecule has 12 nitrogen and oxygen atoms in total. The van der Waals surface area contributed by atoms with Gasteiger partial charge in [-0.05, 0) is 54.7 Å². The van der Waals surface area contributed by atoms with Crippen LogP contribution in [0.15, 0.2) is 67.1 Å². The first-order valence-corrected chi connectivity index (χ1v) is 18.2. The number of amides is 2. The number of hydrogen-bond acceptors (Lipinski definition) is 9. The monoisotopic (exact) mass is 774 g/mol. The minimum atomic E-state index is -4.58. The first kappa shape index (κ1) is 37.8. The summed E-state index contributed by atoms with van der Waals surface area (Å²) in [6.45, 7) is 6.73. The van der Waals surface area contributed by atoms with Crippen LogP contribution in [0.25, 0.3) is 11.2 Å². The summed E-state index contributed by atoms with van der Waals surface area (Å²) in [6.07, 6.45) is 1.65. The van der Waals surface area contributed by atoms with Gasteiger partial charge in [-0.2, -0.15) is 13.2 Å². The van der Waals surface area contributed by atoms with Crippen molar-refractivity contribution in [3.05, 3.63) is 112 Å².